The quantitative estimate of drug-likeness (QED) is 0.152. The van der Waals surface area contributed by atoms with E-state index < -0.39 is 5.41 Å². The van der Waals surface area contributed by atoms with E-state index in [1.165, 1.54) is 82.4 Å². The lowest BCUT2D eigenvalue weighted by atomic mass is 9.67. The summed E-state index contributed by atoms with van der Waals surface area (Å²) in [6, 6.07) is 96.0. The molecule has 0 atom stereocenters. The highest BCUT2D eigenvalue weighted by atomic mass is 15.0. The fraction of sp³-hybridized carbons (Fsp3) is 0.0147. The molecule has 0 unspecified atom stereocenters. The van der Waals surface area contributed by atoms with Gasteiger partial charge in [0.05, 0.1) is 38.7 Å². The second-order valence-corrected chi connectivity index (χ2v) is 19.0. The van der Waals surface area contributed by atoms with Crippen molar-refractivity contribution in [3.8, 4) is 44.9 Å². The van der Waals surface area contributed by atoms with Crippen LogP contribution in [0, 0.1) is 0 Å². The zero-order chi connectivity index (χ0) is 46.6. The maximum Gasteiger partial charge on any atom is 0.0788 e. The monoisotopic (exact) mass is 901 g/mol. The van der Waals surface area contributed by atoms with Crippen LogP contribution in [0.4, 0.5) is 0 Å². The molecule has 0 N–H and O–H groups in total. The number of nitrogens with zero attached hydrogens (tertiary/aromatic N) is 3. The van der Waals surface area contributed by atoms with Crippen molar-refractivity contribution in [1.82, 2.24) is 14.1 Å². The topological polar surface area (TPSA) is 22.8 Å². The number of rotatable bonds is 6. The van der Waals surface area contributed by atoms with Crippen molar-refractivity contribution < 1.29 is 0 Å². The molecule has 11 aromatic carbocycles. The highest BCUT2D eigenvalue weighted by Crippen LogP contribution is 2.57. The molecule has 1 aliphatic carbocycles. The number of para-hydroxylation sites is 5. The molecule has 0 radical (unpaired) electrons. The van der Waals surface area contributed by atoms with Crippen molar-refractivity contribution in [3.63, 3.8) is 0 Å². The van der Waals surface area contributed by atoms with Gasteiger partial charge in [-0.2, -0.15) is 0 Å². The highest BCUT2D eigenvalue weighted by Gasteiger charge is 2.46. The van der Waals surface area contributed by atoms with Gasteiger partial charge >= 0.3 is 0 Å². The zero-order valence-electron chi connectivity index (χ0n) is 38.7. The van der Waals surface area contributed by atoms with E-state index >= 15 is 0 Å². The fourth-order valence-corrected chi connectivity index (χ4v) is 12.3. The van der Waals surface area contributed by atoms with E-state index in [1.54, 1.807) is 0 Å². The number of hydrogen-bond donors (Lipinski definition) is 0. The van der Waals surface area contributed by atoms with Gasteiger partial charge in [-0.1, -0.05) is 200 Å². The van der Waals surface area contributed by atoms with Crippen LogP contribution in [0.3, 0.4) is 0 Å². The average Bonchev–Trinajstić information content (AvgIpc) is 4.07. The highest BCUT2D eigenvalue weighted by molar-refractivity contribution is 6.14. The van der Waals surface area contributed by atoms with Crippen molar-refractivity contribution in [2.45, 2.75) is 5.41 Å². The lowest BCUT2D eigenvalue weighted by molar-refractivity contribution is 0.769. The van der Waals surface area contributed by atoms with E-state index in [-0.39, 0.29) is 0 Å². The molecule has 3 heteroatoms. The summed E-state index contributed by atoms with van der Waals surface area (Å²) >= 11 is 0. The zero-order valence-corrected chi connectivity index (χ0v) is 38.7. The molecule has 3 aromatic heterocycles. The maximum absolute atomic E-state index is 5.52. The van der Waals surface area contributed by atoms with E-state index in [2.05, 4.69) is 270 Å². The number of fused-ring (bicyclic) bond motifs is 12. The maximum atomic E-state index is 5.52. The Bertz CT molecular complexity index is 4170. The first-order valence-corrected chi connectivity index (χ1v) is 24.5. The van der Waals surface area contributed by atoms with E-state index in [0.717, 1.165) is 50.0 Å². The number of aromatic nitrogens is 3. The van der Waals surface area contributed by atoms with Crippen molar-refractivity contribution in [3.05, 3.63) is 283 Å². The summed E-state index contributed by atoms with van der Waals surface area (Å²) in [4.78, 5) is 5.52. The Morgan fingerprint density at radius 1 is 0.282 bits per heavy atom. The molecule has 71 heavy (non-hydrogen) atoms. The Balaban J connectivity index is 0.948. The number of benzene rings is 11. The summed E-state index contributed by atoms with van der Waals surface area (Å²) < 4.78 is 4.87. The van der Waals surface area contributed by atoms with E-state index in [1.807, 2.05) is 0 Å². The average molecular weight is 902 g/mol. The van der Waals surface area contributed by atoms with Crippen molar-refractivity contribution >= 4 is 65.3 Å². The molecule has 0 fully saturated rings. The lowest BCUT2D eigenvalue weighted by Gasteiger charge is -2.34. The summed E-state index contributed by atoms with van der Waals surface area (Å²) in [7, 11) is 0. The molecular weight excluding hydrogens is 859 g/mol. The van der Waals surface area contributed by atoms with Crippen LogP contribution in [0.1, 0.15) is 22.3 Å². The first-order valence-electron chi connectivity index (χ1n) is 24.5. The molecule has 0 bridgehead atoms. The normalized spacial score (nSPS) is 12.9. The van der Waals surface area contributed by atoms with Gasteiger partial charge in [0.1, 0.15) is 0 Å². The van der Waals surface area contributed by atoms with E-state index in [0.29, 0.717) is 0 Å². The van der Waals surface area contributed by atoms with Crippen molar-refractivity contribution in [2.75, 3.05) is 0 Å². The third-order valence-corrected chi connectivity index (χ3v) is 15.3. The predicted octanol–water partition coefficient (Wildman–Crippen LogP) is 17.3. The van der Waals surface area contributed by atoms with Gasteiger partial charge in [0, 0.05) is 49.3 Å². The first-order chi connectivity index (χ1) is 35.2. The molecule has 3 nitrogen and oxygen atoms in total. The summed E-state index contributed by atoms with van der Waals surface area (Å²) in [6.07, 6.45) is 0. The van der Waals surface area contributed by atoms with Crippen LogP contribution in [0.5, 0.6) is 0 Å². The first kappa shape index (κ1) is 39.7. The van der Waals surface area contributed by atoms with Crippen LogP contribution in [-0.2, 0) is 5.41 Å². The summed E-state index contributed by atoms with van der Waals surface area (Å²) in [5.41, 5.74) is 19.4. The minimum atomic E-state index is -0.499. The van der Waals surface area contributed by atoms with Gasteiger partial charge in [-0.3, -0.25) is 0 Å². The van der Waals surface area contributed by atoms with Crippen molar-refractivity contribution in [1.29, 1.82) is 0 Å². The van der Waals surface area contributed by atoms with E-state index in [9.17, 15) is 0 Å². The fourth-order valence-electron chi connectivity index (χ4n) is 12.3. The Labute approximate surface area is 410 Å². The molecule has 14 aromatic rings. The Hall–Kier alpha value is -9.31. The second-order valence-electron chi connectivity index (χ2n) is 19.0. The van der Waals surface area contributed by atoms with Gasteiger partial charge < -0.3 is 9.13 Å². The van der Waals surface area contributed by atoms with Crippen LogP contribution in [0.2, 0.25) is 0 Å². The minimum Gasteiger partial charge on any atom is -0.309 e. The molecule has 0 amide bonds. The lowest BCUT2D eigenvalue weighted by Crippen LogP contribution is -2.28. The molecule has 0 aliphatic heterocycles. The number of pyridine rings is 1. The van der Waals surface area contributed by atoms with Gasteiger partial charge in [0.2, 0.25) is 0 Å². The molecule has 1 aliphatic rings. The summed E-state index contributed by atoms with van der Waals surface area (Å²) in [5, 5.41) is 8.46. The van der Waals surface area contributed by atoms with Gasteiger partial charge in [0.15, 0.2) is 0 Å². The van der Waals surface area contributed by atoms with Gasteiger partial charge in [-0.25, -0.2) is 4.98 Å². The van der Waals surface area contributed by atoms with Gasteiger partial charge in [-0.15, -0.1) is 0 Å². The Kier molecular flexibility index (Phi) is 8.57. The molecular formula is C68H43N3. The largest absolute Gasteiger partial charge is 0.309 e. The molecule has 3 heterocycles. The van der Waals surface area contributed by atoms with Crippen LogP contribution < -0.4 is 0 Å². The predicted molar refractivity (Wildman–Crippen MR) is 296 cm³/mol. The Morgan fingerprint density at radius 3 is 1.28 bits per heavy atom. The molecule has 330 valence electrons. The van der Waals surface area contributed by atoms with Crippen LogP contribution in [0.15, 0.2) is 261 Å². The van der Waals surface area contributed by atoms with Crippen molar-refractivity contribution in [2.24, 2.45) is 0 Å². The SMILES string of the molecule is c1ccc(C2(c3ccccc3)c3ccccc3-c3cc4c(-c5ccc(-c6cc(-n7c8ccccc8c8ccccc87)cc(-n7c8ccccc8c8ccccc87)c6)cc5)nc5ccccc5c4cc32)cc1. The third-order valence-electron chi connectivity index (χ3n) is 15.3. The summed E-state index contributed by atoms with van der Waals surface area (Å²) in [5.74, 6) is 0. The number of hydrogen-bond acceptors (Lipinski definition) is 1. The molecule has 0 spiro atoms. The van der Waals surface area contributed by atoms with Gasteiger partial charge in [-0.05, 0) is 111 Å². The minimum absolute atomic E-state index is 0.499. The standard InChI is InChI=1S/C68H43N3/c1-3-19-47(20-4-1)68(48-21-5-2-6-22-48)60-29-13-7-23-51(60)58-42-59-57(43-61(58)68)52-24-8-14-30-62(52)69-67(59)45-37-35-44(36-38-45)46-39-49(70-63-31-15-9-25-53(63)54-26-10-16-32-64(54)70)41-50(40-46)71-65-33-17-11-27-55(65)56-28-12-18-34-66(56)71/h1-43H. The Morgan fingerprint density at radius 2 is 0.732 bits per heavy atom. The molecule has 0 saturated carbocycles. The molecule has 15 rings (SSSR count). The van der Waals surface area contributed by atoms with Crippen LogP contribution >= 0.6 is 0 Å². The van der Waals surface area contributed by atoms with Crippen LogP contribution in [-0.4, -0.2) is 14.1 Å². The molecule has 0 saturated heterocycles. The second kappa shape index (κ2) is 15.3. The third kappa shape index (κ3) is 5.75. The smallest absolute Gasteiger partial charge is 0.0788 e. The van der Waals surface area contributed by atoms with Gasteiger partial charge in [0.25, 0.3) is 0 Å². The van der Waals surface area contributed by atoms with E-state index in [4.69, 9.17) is 4.98 Å². The summed E-state index contributed by atoms with van der Waals surface area (Å²) in [6.45, 7) is 0. The van der Waals surface area contributed by atoms with Crippen LogP contribution in [0.25, 0.3) is 110 Å².